The summed E-state index contributed by atoms with van der Waals surface area (Å²) in [7, 11) is 1.93. The number of aliphatic hydroxyl groups is 1. The number of nitrogens with one attached hydrogen (secondary N) is 1. The van der Waals surface area contributed by atoms with Crippen LogP contribution in [0, 0.1) is 5.82 Å². The van der Waals surface area contributed by atoms with Gasteiger partial charge in [0.15, 0.2) is 5.96 Å². The lowest BCUT2D eigenvalue weighted by Gasteiger charge is -2.26. The van der Waals surface area contributed by atoms with Gasteiger partial charge in [-0.25, -0.2) is 4.39 Å². The fraction of sp³-hybridized carbons (Fsp3) is 0.588. The summed E-state index contributed by atoms with van der Waals surface area (Å²) in [4.78, 5) is 6.52. The van der Waals surface area contributed by atoms with Gasteiger partial charge in [0.25, 0.3) is 0 Å². The van der Waals surface area contributed by atoms with E-state index in [0.717, 1.165) is 18.1 Å². The topological polar surface area (TPSA) is 47.9 Å². The normalized spacial score (nSPS) is 12.4. The molecule has 22 heavy (non-hydrogen) atoms. The molecule has 0 saturated carbocycles. The molecule has 1 aromatic rings. The molecule has 0 bridgehead atoms. The van der Waals surface area contributed by atoms with Crippen LogP contribution in [0.15, 0.2) is 29.3 Å². The minimum absolute atomic E-state index is 0.233. The minimum Gasteiger partial charge on any atom is -0.388 e. The zero-order chi connectivity index (χ0) is 16.6. The Morgan fingerprint density at radius 2 is 1.82 bits per heavy atom. The van der Waals surface area contributed by atoms with Gasteiger partial charge in [-0.15, -0.1) is 0 Å². The van der Waals surface area contributed by atoms with E-state index in [0.29, 0.717) is 25.9 Å². The summed E-state index contributed by atoms with van der Waals surface area (Å²) in [5.41, 5.74) is 0.257. The number of benzene rings is 1. The first-order chi connectivity index (χ1) is 10.4. The van der Waals surface area contributed by atoms with Crippen LogP contribution in [0.5, 0.6) is 0 Å². The number of aliphatic imine (C=N–C) groups is 1. The lowest BCUT2D eigenvalue weighted by atomic mass is 9.98. The van der Waals surface area contributed by atoms with Gasteiger partial charge in [-0.05, 0) is 37.5 Å². The second-order valence-electron chi connectivity index (χ2n) is 5.58. The molecule has 0 aromatic heterocycles. The molecule has 0 fully saturated rings. The Kier molecular flexibility index (Phi) is 7.32. The summed E-state index contributed by atoms with van der Waals surface area (Å²) in [6, 6.07) is 6.45. The highest BCUT2D eigenvalue weighted by Gasteiger charge is 2.22. The molecule has 1 rings (SSSR count). The maximum absolute atomic E-state index is 13.0. The zero-order valence-electron chi connectivity index (χ0n) is 14.1. The molecular weight excluding hydrogens is 281 g/mol. The van der Waals surface area contributed by atoms with Gasteiger partial charge in [0.05, 0.1) is 12.1 Å². The van der Waals surface area contributed by atoms with E-state index in [1.54, 1.807) is 12.1 Å². The van der Waals surface area contributed by atoms with Gasteiger partial charge in [0.2, 0.25) is 0 Å². The van der Waals surface area contributed by atoms with Crippen molar-refractivity contribution in [2.24, 2.45) is 4.99 Å². The fourth-order valence-electron chi connectivity index (χ4n) is 2.10. The molecule has 4 nitrogen and oxygen atoms in total. The third kappa shape index (κ3) is 5.64. The first-order valence-corrected chi connectivity index (χ1v) is 7.90. The minimum atomic E-state index is -0.753. The Labute approximate surface area is 133 Å². The zero-order valence-corrected chi connectivity index (χ0v) is 14.1. The Morgan fingerprint density at radius 3 is 2.32 bits per heavy atom. The fourth-order valence-corrected chi connectivity index (χ4v) is 2.10. The lowest BCUT2D eigenvalue weighted by Crippen LogP contribution is -2.40. The highest BCUT2D eigenvalue weighted by Crippen LogP contribution is 2.15. The largest absolute Gasteiger partial charge is 0.388 e. The number of guanidine groups is 1. The van der Waals surface area contributed by atoms with E-state index in [9.17, 15) is 9.50 Å². The number of halogens is 1. The van der Waals surface area contributed by atoms with Crippen LogP contribution in [0.4, 0.5) is 4.39 Å². The first-order valence-electron chi connectivity index (χ1n) is 7.90. The molecular formula is C17H28FN3O. The van der Waals surface area contributed by atoms with Crippen molar-refractivity contribution in [2.45, 2.75) is 45.8 Å². The average molecular weight is 309 g/mol. The molecule has 2 N–H and O–H groups in total. The predicted molar refractivity (Wildman–Crippen MR) is 89.4 cm³/mol. The molecule has 124 valence electrons. The van der Waals surface area contributed by atoms with Crippen LogP contribution in [0.3, 0.4) is 0 Å². The van der Waals surface area contributed by atoms with E-state index in [1.807, 2.05) is 32.7 Å². The quantitative estimate of drug-likeness (QED) is 0.601. The van der Waals surface area contributed by atoms with Crippen molar-refractivity contribution >= 4 is 5.96 Å². The maximum atomic E-state index is 13.0. The van der Waals surface area contributed by atoms with E-state index in [4.69, 9.17) is 0 Å². The third-order valence-corrected chi connectivity index (χ3v) is 3.87. The molecule has 0 amide bonds. The molecule has 0 radical (unpaired) electrons. The Hall–Kier alpha value is -1.62. The van der Waals surface area contributed by atoms with Crippen molar-refractivity contribution in [3.05, 3.63) is 35.6 Å². The second-order valence-corrected chi connectivity index (χ2v) is 5.58. The smallest absolute Gasteiger partial charge is 0.194 e. The van der Waals surface area contributed by atoms with Gasteiger partial charge in [-0.2, -0.15) is 0 Å². The van der Waals surface area contributed by atoms with Crippen molar-refractivity contribution in [2.75, 3.05) is 20.1 Å². The highest BCUT2D eigenvalue weighted by molar-refractivity contribution is 5.79. The predicted octanol–water partition coefficient (Wildman–Crippen LogP) is 2.77. The molecule has 5 heteroatoms. The van der Waals surface area contributed by atoms with Crippen molar-refractivity contribution in [3.8, 4) is 0 Å². The van der Waals surface area contributed by atoms with Gasteiger partial charge < -0.3 is 15.3 Å². The second kappa shape index (κ2) is 8.73. The van der Waals surface area contributed by atoms with Crippen LogP contribution >= 0.6 is 0 Å². The van der Waals surface area contributed by atoms with E-state index in [1.165, 1.54) is 12.1 Å². The molecule has 0 unspecified atom stereocenters. The standard InChI is InChI=1S/C17H28FN3O/c1-5-17(22,6-2)13-20-16(19-7-3)21(4)12-14-8-10-15(18)11-9-14/h8-11,22H,5-7,12-13H2,1-4H3,(H,19,20). The van der Waals surface area contributed by atoms with E-state index in [-0.39, 0.29) is 5.82 Å². The summed E-state index contributed by atoms with van der Waals surface area (Å²) in [6.45, 7) is 7.69. The Bertz CT molecular complexity index is 469. The molecule has 0 spiro atoms. The van der Waals surface area contributed by atoms with Crippen LogP contribution in [0.2, 0.25) is 0 Å². The lowest BCUT2D eigenvalue weighted by molar-refractivity contribution is 0.0416. The Morgan fingerprint density at radius 1 is 1.23 bits per heavy atom. The summed E-state index contributed by atoms with van der Waals surface area (Å²) < 4.78 is 13.0. The molecule has 0 aliphatic carbocycles. The highest BCUT2D eigenvalue weighted by atomic mass is 19.1. The van der Waals surface area contributed by atoms with Crippen LogP contribution in [0.25, 0.3) is 0 Å². The molecule has 0 aliphatic heterocycles. The monoisotopic (exact) mass is 309 g/mol. The van der Waals surface area contributed by atoms with E-state index < -0.39 is 5.60 Å². The maximum Gasteiger partial charge on any atom is 0.194 e. The van der Waals surface area contributed by atoms with Gasteiger partial charge in [0.1, 0.15) is 5.82 Å². The summed E-state index contributed by atoms with van der Waals surface area (Å²) in [6.07, 6.45) is 1.35. The van der Waals surface area contributed by atoms with E-state index in [2.05, 4.69) is 10.3 Å². The molecule has 0 atom stereocenters. The van der Waals surface area contributed by atoms with Crippen molar-refractivity contribution < 1.29 is 9.50 Å². The van der Waals surface area contributed by atoms with Crippen LogP contribution in [-0.2, 0) is 6.54 Å². The average Bonchev–Trinajstić information content (AvgIpc) is 2.53. The van der Waals surface area contributed by atoms with Gasteiger partial charge >= 0.3 is 0 Å². The summed E-state index contributed by atoms with van der Waals surface area (Å²) >= 11 is 0. The van der Waals surface area contributed by atoms with Gasteiger partial charge in [0, 0.05) is 20.1 Å². The molecule has 0 saturated heterocycles. The number of hydrogen-bond donors (Lipinski definition) is 2. The first kappa shape index (κ1) is 18.4. The number of hydrogen-bond acceptors (Lipinski definition) is 2. The van der Waals surface area contributed by atoms with E-state index >= 15 is 0 Å². The molecule has 0 aliphatic rings. The Balaban J connectivity index is 2.78. The third-order valence-electron chi connectivity index (χ3n) is 3.87. The van der Waals surface area contributed by atoms with Gasteiger partial charge in [-0.3, -0.25) is 4.99 Å². The summed E-state index contributed by atoms with van der Waals surface area (Å²) in [5, 5.41) is 13.6. The SMILES string of the molecule is CCNC(=NCC(O)(CC)CC)N(C)Cc1ccc(F)cc1. The molecule has 1 aromatic carbocycles. The number of nitrogens with zero attached hydrogens (tertiary/aromatic N) is 2. The van der Waals surface area contributed by atoms with Gasteiger partial charge in [-0.1, -0.05) is 26.0 Å². The van der Waals surface area contributed by atoms with Crippen molar-refractivity contribution in [3.63, 3.8) is 0 Å². The van der Waals surface area contributed by atoms with Crippen LogP contribution in [-0.4, -0.2) is 41.7 Å². The van der Waals surface area contributed by atoms with Crippen LogP contribution in [0.1, 0.15) is 39.2 Å². The molecule has 0 heterocycles. The van der Waals surface area contributed by atoms with Crippen molar-refractivity contribution in [1.82, 2.24) is 10.2 Å². The van der Waals surface area contributed by atoms with Crippen LogP contribution < -0.4 is 5.32 Å². The number of rotatable bonds is 7. The van der Waals surface area contributed by atoms with Crippen molar-refractivity contribution in [1.29, 1.82) is 0 Å². The summed E-state index contributed by atoms with van der Waals surface area (Å²) in [5.74, 6) is 0.509.